The first-order valence-electron chi connectivity index (χ1n) is 11.7. The molecule has 0 radical (unpaired) electrons. The van der Waals surface area contributed by atoms with E-state index in [0.717, 1.165) is 25.2 Å². The van der Waals surface area contributed by atoms with E-state index >= 15 is 0 Å². The molecule has 1 aliphatic rings. The lowest BCUT2D eigenvalue weighted by Gasteiger charge is -2.30. The smallest absolute Gasteiger partial charge is 0.340 e. The number of benzene rings is 2. The SMILES string of the molecule is CCCN1CCc2nc3ccccc3c(C(=O)OC(CC)C(=O)Nc3c(F)c(F)cc(F)c3F)c2C1. The molecule has 1 aromatic heterocycles. The van der Waals surface area contributed by atoms with Crippen LogP contribution in [0.5, 0.6) is 0 Å². The first-order valence-corrected chi connectivity index (χ1v) is 11.7. The minimum absolute atomic E-state index is 0.0389. The molecule has 36 heavy (non-hydrogen) atoms. The Balaban J connectivity index is 1.66. The fraction of sp³-hybridized carbons (Fsp3) is 0.346. The van der Waals surface area contributed by atoms with Gasteiger partial charge in [-0.1, -0.05) is 32.0 Å². The van der Waals surface area contributed by atoms with Crippen molar-refractivity contribution in [1.29, 1.82) is 0 Å². The molecule has 2 heterocycles. The van der Waals surface area contributed by atoms with Gasteiger partial charge in [0.2, 0.25) is 0 Å². The Kier molecular flexibility index (Phi) is 7.53. The number of amides is 1. The topological polar surface area (TPSA) is 71.5 Å². The third-order valence-corrected chi connectivity index (χ3v) is 6.14. The average molecular weight is 503 g/mol. The number of ether oxygens (including phenoxy) is 1. The fourth-order valence-electron chi connectivity index (χ4n) is 4.38. The summed E-state index contributed by atoms with van der Waals surface area (Å²) in [7, 11) is 0. The highest BCUT2D eigenvalue weighted by Crippen LogP contribution is 2.30. The van der Waals surface area contributed by atoms with Crippen molar-refractivity contribution in [3.8, 4) is 0 Å². The van der Waals surface area contributed by atoms with Crippen LogP contribution in [0.25, 0.3) is 10.9 Å². The molecule has 0 saturated heterocycles. The summed E-state index contributed by atoms with van der Waals surface area (Å²) >= 11 is 0. The van der Waals surface area contributed by atoms with Crippen molar-refractivity contribution in [2.45, 2.75) is 45.8 Å². The first kappa shape index (κ1) is 25.6. The van der Waals surface area contributed by atoms with Crippen LogP contribution in [0.4, 0.5) is 23.2 Å². The van der Waals surface area contributed by atoms with E-state index in [9.17, 15) is 27.2 Å². The van der Waals surface area contributed by atoms with Gasteiger partial charge in [-0.05, 0) is 25.5 Å². The number of hydrogen-bond donors (Lipinski definition) is 1. The number of nitrogens with zero attached hydrogens (tertiary/aromatic N) is 2. The Bertz CT molecular complexity index is 1310. The number of anilines is 1. The number of para-hydroxylation sites is 1. The number of halogens is 4. The van der Waals surface area contributed by atoms with Crippen molar-refractivity contribution in [2.24, 2.45) is 0 Å². The molecular formula is C26H25F4N3O3. The molecule has 10 heteroatoms. The van der Waals surface area contributed by atoms with E-state index in [2.05, 4.69) is 11.8 Å². The molecule has 0 aliphatic carbocycles. The van der Waals surface area contributed by atoms with Gasteiger partial charge in [0.25, 0.3) is 5.91 Å². The third-order valence-electron chi connectivity index (χ3n) is 6.14. The number of aromatic nitrogens is 1. The lowest BCUT2D eigenvalue weighted by Crippen LogP contribution is -2.35. The van der Waals surface area contributed by atoms with Gasteiger partial charge in [-0.2, -0.15) is 0 Å². The molecule has 6 nitrogen and oxygen atoms in total. The Hall–Kier alpha value is -3.53. The standard InChI is InChI=1S/C26H25F4N3O3/c1-3-10-33-11-9-19-15(13-33)21(14-7-5-6-8-18(14)31-19)26(35)36-20(4-2)25(34)32-24-22(29)16(27)12-17(28)23(24)30/h5-8,12,20H,3-4,9-11,13H2,1-2H3,(H,32,34). The zero-order valence-corrected chi connectivity index (χ0v) is 19.8. The maximum Gasteiger partial charge on any atom is 0.340 e. The predicted octanol–water partition coefficient (Wildman–Crippen LogP) is 5.13. The summed E-state index contributed by atoms with van der Waals surface area (Å²) in [6.07, 6.45) is 0.0517. The van der Waals surface area contributed by atoms with Crippen molar-refractivity contribution in [3.63, 3.8) is 0 Å². The molecule has 0 fully saturated rings. The summed E-state index contributed by atoms with van der Waals surface area (Å²) < 4.78 is 60.7. The summed E-state index contributed by atoms with van der Waals surface area (Å²) in [4.78, 5) is 33.1. The van der Waals surface area contributed by atoms with Gasteiger partial charge in [0.1, 0.15) is 5.69 Å². The molecule has 2 aromatic carbocycles. The second-order valence-corrected chi connectivity index (χ2v) is 8.59. The Labute approximate surface area is 205 Å². The Morgan fingerprint density at radius 3 is 2.47 bits per heavy atom. The summed E-state index contributed by atoms with van der Waals surface area (Å²) in [6, 6.07) is 7.11. The van der Waals surface area contributed by atoms with Gasteiger partial charge in [-0.25, -0.2) is 22.4 Å². The predicted molar refractivity (Wildman–Crippen MR) is 125 cm³/mol. The molecular weight excluding hydrogens is 478 g/mol. The molecule has 1 atom stereocenters. The van der Waals surface area contributed by atoms with Gasteiger partial charge in [0.05, 0.1) is 11.1 Å². The largest absolute Gasteiger partial charge is 0.449 e. The van der Waals surface area contributed by atoms with Crippen molar-refractivity contribution >= 4 is 28.5 Å². The molecule has 4 rings (SSSR count). The second kappa shape index (κ2) is 10.6. The molecule has 0 bridgehead atoms. The maximum absolute atomic E-state index is 14.0. The van der Waals surface area contributed by atoms with E-state index in [1.54, 1.807) is 24.3 Å². The molecule has 1 aliphatic heterocycles. The average Bonchev–Trinajstić information content (AvgIpc) is 2.87. The lowest BCUT2D eigenvalue weighted by atomic mass is 9.95. The van der Waals surface area contributed by atoms with Gasteiger partial charge in [0, 0.05) is 42.2 Å². The second-order valence-electron chi connectivity index (χ2n) is 8.59. The molecule has 190 valence electrons. The Morgan fingerprint density at radius 1 is 1.11 bits per heavy atom. The molecule has 3 aromatic rings. The van der Waals surface area contributed by atoms with E-state index < -0.39 is 46.9 Å². The van der Waals surface area contributed by atoms with Crippen LogP contribution in [0.2, 0.25) is 0 Å². The van der Waals surface area contributed by atoms with E-state index in [0.29, 0.717) is 29.4 Å². The van der Waals surface area contributed by atoms with Crippen LogP contribution in [-0.4, -0.2) is 41.0 Å². The van der Waals surface area contributed by atoms with Crippen LogP contribution >= 0.6 is 0 Å². The Morgan fingerprint density at radius 2 is 1.81 bits per heavy atom. The molecule has 1 unspecified atom stereocenters. The van der Waals surface area contributed by atoms with E-state index in [1.807, 2.05) is 5.32 Å². The van der Waals surface area contributed by atoms with Crippen molar-refractivity contribution in [3.05, 3.63) is 70.4 Å². The van der Waals surface area contributed by atoms with Crippen LogP contribution < -0.4 is 5.32 Å². The quantitative estimate of drug-likeness (QED) is 0.275. The maximum atomic E-state index is 14.0. The van der Waals surface area contributed by atoms with Gasteiger partial charge in [-0.15, -0.1) is 0 Å². The number of fused-ring (bicyclic) bond motifs is 2. The van der Waals surface area contributed by atoms with Crippen LogP contribution in [0, 0.1) is 23.3 Å². The summed E-state index contributed by atoms with van der Waals surface area (Å²) in [5.41, 5.74) is 1.07. The molecule has 0 spiro atoms. The molecule has 1 amide bonds. The summed E-state index contributed by atoms with van der Waals surface area (Å²) in [5.74, 6) is -8.76. The number of hydrogen-bond acceptors (Lipinski definition) is 5. The van der Waals surface area contributed by atoms with Crippen molar-refractivity contribution < 1.29 is 31.9 Å². The van der Waals surface area contributed by atoms with Crippen LogP contribution in [-0.2, 0) is 22.5 Å². The zero-order valence-electron chi connectivity index (χ0n) is 19.8. The zero-order chi connectivity index (χ0) is 26.0. The van der Waals surface area contributed by atoms with Gasteiger partial charge >= 0.3 is 5.97 Å². The number of rotatable bonds is 7. The van der Waals surface area contributed by atoms with E-state index in [-0.39, 0.29) is 18.1 Å². The third kappa shape index (κ3) is 4.90. The van der Waals surface area contributed by atoms with E-state index in [4.69, 9.17) is 9.72 Å². The number of pyridine rings is 1. The number of carbonyl (C=O) groups excluding carboxylic acids is 2. The summed E-state index contributed by atoms with van der Waals surface area (Å²) in [6.45, 7) is 5.70. The molecule has 1 N–H and O–H groups in total. The highest BCUT2D eigenvalue weighted by atomic mass is 19.2. The highest BCUT2D eigenvalue weighted by Gasteiger charge is 2.30. The highest BCUT2D eigenvalue weighted by molar-refractivity contribution is 6.06. The summed E-state index contributed by atoms with van der Waals surface area (Å²) in [5, 5.41) is 2.38. The lowest BCUT2D eigenvalue weighted by molar-refractivity contribution is -0.124. The van der Waals surface area contributed by atoms with E-state index in [1.165, 1.54) is 6.92 Å². The minimum Gasteiger partial charge on any atom is -0.449 e. The van der Waals surface area contributed by atoms with Crippen LogP contribution in [0.3, 0.4) is 0 Å². The minimum atomic E-state index is -1.76. The first-order chi connectivity index (χ1) is 17.2. The van der Waals surface area contributed by atoms with Crippen molar-refractivity contribution in [1.82, 2.24) is 9.88 Å². The van der Waals surface area contributed by atoms with Crippen LogP contribution in [0.15, 0.2) is 30.3 Å². The van der Waals surface area contributed by atoms with Gasteiger partial charge in [0.15, 0.2) is 29.4 Å². The molecule has 0 saturated carbocycles. The number of carbonyl (C=O) groups is 2. The number of nitrogens with one attached hydrogen (secondary N) is 1. The van der Waals surface area contributed by atoms with Crippen LogP contribution in [0.1, 0.15) is 48.3 Å². The van der Waals surface area contributed by atoms with Gasteiger partial charge < -0.3 is 10.1 Å². The van der Waals surface area contributed by atoms with Crippen molar-refractivity contribution in [2.75, 3.05) is 18.4 Å². The van der Waals surface area contributed by atoms with Gasteiger partial charge in [-0.3, -0.25) is 14.7 Å². The monoisotopic (exact) mass is 503 g/mol. The number of esters is 1. The fourth-order valence-corrected chi connectivity index (χ4v) is 4.38. The normalized spacial score (nSPS) is 14.4.